The summed E-state index contributed by atoms with van der Waals surface area (Å²) in [5.74, 6) is 0. The largest absolute Gasteiger partial charge is 0.433 e. The third kappa shape index (κ3) is 2.54. The van der Waals surface area contributed by atoms with Crippen molar-refractivity contribution < 1.29 is 13.2 Å². The van der Waals surface area contributed by atoms with Gasteiger partial charge in [0.05, 0.1) is 0 Å². The van der Waals surface area contributed by atoms with E-state index in [4.69, 9.17) is 0 Å². The molecule has 0 fully saturated rings. The van der Waals surface area contributed by atoms with E-state index in [0.29, 0.717) is 18.1 Å². The molecule has 0 atom stereocenters. The first-order valence-corrected chi connectivity index (χ1v) is 6.16. The number of aromatic amines is 1. The topological polar surface area (TPSA) is 50.2 Å². The highest BCUT2D eigenvalue weighted by atomic mass is 19.4. The van der Waals surface area contributed by atoms with Gasteiger partial charge in [0, 0.05) is 24.2 Å². The average molecular weight is 293 g/mol. The van der Waals surface area contributed by atoms with Gasteiger partial charge in [0.25, 0.3) is 5.56 Å². The third-order valence-electron chi connectivity index (χ3n) is 3.10. The summed E-state index contributed by atoms with van der Waals surface area (Å²) in [5, 5.41) is 2.63. The molecule has 1 N–H and O–H groups in total. The van der Waals surface area contributed by atoms with E-state index >= 15 is 0 Å². The number of hydrogen-bond acceptors (Lipinski definition) is 2. The van der Waals surface area contributed by atoms with Crippen LogP contribution in [0.3, 0.4) is 0 Å². The summed E-state index contributed by atoms with van der Waals surface area (Å²) >= 11 is 0. The van der Waals surface area contributed by atoms with Crippen LogP contribution in [0.15, 0.2) is 47.4 Å². The van der Waals surface area contributed by atoms with Crippen molar-refractivity contribution in [2.24, 2.45) is 0 Å². The minimum Gasteiger partial charge on any atom is -0.297 e. The zero-order valence-electron chi connectivity index (χ0n) is 10.7. The van der Waals surface area contributed by atoms with Gasteiger partial charge in [-0.1, -0.05) is 30.3 Å². The zero-order valence-corrected chi connectivity index (χ0v) is 10.7. The predicted molar refractivity (Wildman–Crippen MR) is 70.1 cm³/mol. The van der Waals surface area contributed by atoms with Crippen LogP contribution in [-0.4, -0.2) is 14.6 Å². The van der Waals surface area contributed by atoms with Crippen LogP contribution >= 0.6 is 0 Å². The minimum absolute atomic E-state index is 0.00122. The molecule has 0 aliphatic carbocycles. The fraction of sp³-hybridized carbons (Fsp3) is 0.143. The molecule has 4 nitrogen and oxygen atoms in total. The van der Waals surface area contributed by atoms with Crippen LogP contribution < -0.4 is 5.56 Å². The van der Waals surface area contributed by atoms with Crippen LogP contribution in [0.4, 0.5) is 13.2 Å². The summed E-state index contributed by atoms with van der Waals surface area (Å²) in [6, 6.07) is 9.72. The number of hydrogen-bond donors (Lipinski definition) is 1. The van der Waals surface area contributed by atoms with Crippen LogP contribution in [0.5, 0.6) is 0 Å². The van der Waals surface area contributed by atoms with E-state index in [1.807, 2.05) is 30.3 Å². The molecule has 0 saturated heterocycles. The number of halogens is 3. The molecule has 3 aromatic rings. The Balaban J connectivity index is 2.12. The van der Waals surface area contributed by atoms with Crippen molar-refractivity contribution >= 4 is 5.65 Å². The Bertz CT molecular complexity index is 834. The van der Waals surface area contributed by atoms with E-state index in [9.17, 15) is 18.0 Å². The molecule has 0 aliphatic heterocycles. The Morgan fingerprint density at radius 1 is 1.19 bits per heavy atom. The number of aromatic nitrogens is 3. The van der Waals surface area contributed by atoms with Gasteiger partial charge in [-0.15, -0.1) is 0 Å². The lowest BCUT2D eigenvalue weighted by molar-refractivity contribution is -0.141. The fourth-order valence-electron chi connectivity index (χ4n) is 2.12. The first-order valence-electron chi connectivity index (χ1n) is 6.16. The number of rotatable bonds is 2. The van der Waals surface area contributed by atoms with Crippen molar-refractivity contribution in [1.29, 1.82) is 0 Å². The first kappa shape index (κ1) is 13.4. The summed E-state index contributed by atoms with van der Waals surface area (Å²) in [7, 11) is 0. The van der Waals surface area contributed by atoms with Crippen molar-refractivity contribution in [2.45, 2.75) is 12.6 Å². The van der Waals surface area contributed by atoms with E-state index in [0.717, 1.165) is 10.1 Å². The summed E-state index contributed by atoms with van der Waals surface area (Å²) in [5.41, 5.74) is -0.512. The number of alkyl halides is 3. The highest BCUT2D eigenvalue weighted by Crippen LogP contribution is 2.27. The van der Waals surface area contributed by atoms with Crippen molar-refractivity contribution in [2.75, 3.05) is 0 Å². The molecule has 0 unspecified atom stereocenters. The lowest BCUT2D eigenvalue weighted by Gasteiger charge is -2.06. The monoisotopic (exact) mass is 293 g/mol. The van der Waals surface area contributed by atoms with Crippen molar-refractivity contribution in [3.8, 4) is 0 Å². The number of benzene rings is 1. The van der Waals surface area contributed by atoms with E-state index in [1.165, 1.54) is 6.20 Å². The average Bonchev–Trinajstić information content (AvgIpc) is 2.83. The van der Waals surface area contributed by atoms with Gasteiger partial charge in [-0.2, -0.15) is 13.2 Å². The highest BCUT2D eigenvalue weighted by molar-refractivity contribution is 5.49. The van der Waals surface area contributed by atoms with Gasteiger partial charge in [0.1, 0.15) is 0 Å². The summed E-state index contributed by atoms with van der Waals surface area (Å²) in [4.78, 5) is 15.3. The number of H-pyrrole nitrogens is 1. The molecule has 7 heteroatoms. The van der Waals surface area contributed by atoms with Gasteiger partial charge in [0.2, 0.25) is 0 Å². The highest BCUT2D eigenvalue weighted by Gasteiger charge is 2.33. The molecule has 108 valence electrons. The van der Waals surface area contributed by atoms with E-state index in [2.05, 4.69) is 10.1 Å². The predicted octanol–water partition coefficient (Wildman–Crippen LogP) is 2.63. The van der Waals surface area contributed by atoms with Gasteiger partial charge in [0.15, 0.2) is 11.3 Å². The maximum Gasteiger partial charge on any atom is 0.433 e. The lowest BCUT2D eigenvalue weighted by atomic mass is 10.1. The molecule has 2 heterocycles. The van der Waals surface area contributed by atoms with Crippen molar-refractivity contribution in [3.63, 3.8) is 0 Å². The van der Waals surface area contributed by atoms with Crippen LogP contribution in [0, 0.1) is 0 Å². The Morgan fingerprint density at radius 3 is 2.57 bits per heavy atom. The number of nitrogens with zero attached hydrogens (tertiary/aromatic N) is 2. The molecule has 0 aliphatic rings. The number of fused-ring (bicyclic) bond motifs is 1. The summed E-state index contributed by atoms with van der Waals surface area (Å²) in [6.45, 7) is 0. The minimum atomic E-state index is -4.64. The van der Waals surface area contributed by atoms with Crippen LogP contribution in [0.25, 0.3) is 5.65 Å². The third-order valence-corrected chi connectivity index (χ3v) is 3.10. The van der Waals surface area contributed by atoms with Crippen LogP contribution in [0.2, 0.25) is 0 Å². The molecular formula is C14H10F3N3O. The molecule has 0 spiro atoms. The van der Waals surface area contributed by atoms with Gasteiger partial charge in [-0.3, -0.25) is 9.89 Å². The first-order chi connectivity index (χ1) is 9.95. The summed E-state index contributed by atoms with van der Waals surface area (Å²) < 4.78 is 39.2. The lowest BCUT2D eigenvalue weighted by Crippen LogP contribution is -2.20. The maximum absolute atomic E-state index is 12.7. The van der Waals surface area contributed by atoms with Gasteiger partial charge >= 0.3 is 6.18 Å². The van der Waals surface area contributed by atoms with Crippen LogP contribution in [0.1, 0.15) is 16.8 Å². The Hall–Kier alpha value is -2.57. The Labute approximate surface area is 116 Å². The Morgan fingerprint density at radius 2 is 1.90 bits per heavy atom. The molecule has 0 radical (unpaired) electrons. The molecule has 0 saturated carbocycles. The zero-order chi connectivity index (χ0) is 15.0. The summed E-state index contributed by atoms with van der Waals surface area (Å²) in [6.07, 6.45) is -2.76. The molecule has 0 amide bonds. The van der Waals surface area contributed by atoms with E-state index in [1.54, 1.807) is 0 Å². The quantitative estimate of drug-likeness (QED) is 0.789. The van der Waals surface area contributed by atoms with E-state index in [-0.39, 0.29) is 5.65 Å². The number of nitrogens with one attached hydrogen (secondary N) is 1. The molecular weight excluding hydrogens is 283 g/mol. The fourth-order valence-corrected chi connectivity index (χ4v) is 2.12. The molecule has 2 aromatic heterocycles. The van der Waals surface area contributed by atoms with Crippen LogP contribution in [-0.2, 0) is 12.6 Å². The smallest absolute Gasteiger partial charge is 0.297 e. The second-order valence-corrected chi connectivity index (χ2v) is 4.60. The molecule has 0 bridgehead atoms. The van der Waals surface area contributed by atoms with Gasteiger partial charge < -0.3 is 0 Å². The maximum atomic E-state index is 12.7. The Kier molecular flexibility index (Phi) is 3.04. The molecule has 1 aromatic carbocycles. The van der Waals surface area contributed by atoms with Gasteiger partial charge in [-0.25, -0.2) is 9.50 Å². The standard InChI is InChI=1S/C14H10F3N3O/c15-14(16,17)11-7-12(21)20-13(19-11)10(8-18-20)6-9-4-2-1-3-5-9/h1-5,7-8,18H,6H2. The van der Waals surface area contributed by atoms with Crippen molar-refractivity contribution in [1.82, 2.24) is 14.6 Å². The molecule has 21 heavy (non-hydrogen) atoms. The van der Waals surface area contributed by atoms with Crippen molar-refractivity contribution in [3.05, 3.63) is 69.8 Å². The SMILES string of the molecule is O=c1cc(C(F)(F)F)nc2c(Cc3ccccc3)c[nH]n12. The normalized spacial score (nSPS) is 12.0. The second kappa shape index (κ2) is 4.76. The van der Waals surface area contributed by atoms with Gasteiger partial charge in [-0.05, 0) is 5.56 Å². The second-order valence-electron chi connectivity index (χ2n) is 4.60. The molecule has 3 rings (SSSR count). The van der Waals surface area contributed by atoms with E-state index < -0.39 is 17.4 Å².